The number of hydrogen-bond donors (Lipinski definition) is 3. The molecule has 0 spiro atoms. The number of nitrogens with one attached hydrogen (secondary N) is 1. The van der Waals surface area contributed by atoms with Gasteiger partial charge in [-0.25, -0.2) is 0 Å². The average molecular weight is 395 g/mol. The zero-order valence-corrected chi connectivity index (χ0v) is 17.6. The molecule has 0 saturated carbocycles. The van der Waals surface area contributed by atoms with Crippen LogP contribution < -0.4 is 10.1 Å². The first-order valence-corrected chi connectivity index (χ1v) is 9.56. The Labute approximate surface area is 167 Å². The van der Waals surface area contributed by atoms with E-state index < -0.39 is 24.6 Å². The van der Waals surface area contributed by atoms with Gasteiger partial charge in [-0.05, 0) is 59.2 Å². The Morgan fingerprint density at radius 2 is 1.86 bits per heavy atom. The molecule has 2 rings (SSSR count). The van der Waals surface area contributed by atoms with E-state index in [0.29, 0.717) is 18.6 Å². The minimum absolute atomic E-state index is 0.00755. The van der Waals surface area contributed by atoms with Crippen LogP contribution in [0.5, 0.6) is 5.75 Å². The molecule has 1 aromatic carbocycles. The van der Waals surface area contributed by atoms with Crippen molar-refractivity contribution in [3.63, 3.8) is 0 Å². The Balaban J connectivity index is 2.22. The summed E-state index contributed by atoms with van der Waals surface area (Å²) >= 11 is 0. The fourth-order valence-corrected chi connectivity index (χ4v) is 2.75. The summed E-state index contributed by atoms with van der Waals surface area (Å²) in [6.45, 7) is 12.5. The van der Waals surface area contributed by atoms with Crippen LogP contribution in [-0.2, 0) is 20.9 Å². The molecule has 1 aliphatic heterocycles. The number of hydrogen-bond acceptors (Lipinski definition) is 7. The maximum Gasteiger partial charge on any atom is 0.227 e. The third-order valence-corrected chi connectivity index (χ3v) is 4.07. The second-order valence-corrected chi connectivity index (χ2v) is 9.20. The van der Waals surface area contributed by atoms with Gasteiger partial charge in [0, 0.05) is 12.0 Å². The molecule has 1 aromatic rings. The summed E-state index contributed by atoms with van der Waals surface area (Å²) in [5, 5.41) is 23.4. The van der Waals surface area contributed by atoms with Crippen molar-refractivity contribution in [2.75, 3.05) is 5.32 Å². The van der Waals surface area contributed by atoms with Crippen molar-refractivity contribution in [3.8, 4) is 5.75 Å². The number of anilines is 1. The summed E-state index contributed by atoms with van der Waals surface area (Å²) in [6, 6.07) is 5.61. The highest BCUT2D eigenvalue weighted by molar-refractivity contribution is 5.60. The molecule has 0 radical (unpaired) electrons. The average Bonchev–Trinajstić information content (AvgIpc) is 2.55. The molecule has 4 atom stereocenters. The van der Waals surface area contributed by atoms with Crippen molar-refractivity contribution in [2.45, 2.75) is 90.3 Å². The van der Waals surface area contributed by atoms with Crippen LogP contribution in [0.25, 0.3) is 0 Å². The summed E-state index contributed by atoms with van der Waals surface area (Å²) in [7, 11) is 0. The van der Waals surface area contributed by atoms with Crippen molar-refractivity contribution in [3.05, 3.63) is 23.8 Å². The number of aldehydes is 1. The second-order valence-electron chi connectivity index (χ2n) is 9.20. The van der Waals surface area contributed by atoms with Gasteiger partial charge in [0.05, 0.1) is 24.0 Å². The lowest BCUT2D eigenvalue weighted by Crippen LogP contribution is -2.50. The molecule has 0 aromatic heterocycles. The Morgan fingerprint density at radius 3 is 2.43 bits per heavy atom. The van der Waals surface area contributed by atoms with Gasteiger partial charge in [0.2, 0.25) is 6.29 Å². The van der Waals surface area contributed by atoms with E-state index in [0.717, 1.165) is 11.3 Å². The largest absolute Gasteiger partial charge is 0.460 e. The van der Waals surface area contributed by atoms with Gasteiger partial charge in [0.15, 0.2) is 6.29 Å². The first-order valence-electron chi connectivity index (χ1n) is 9.56. The SMILES string of the molecule is CC(C)(C)Nc1cc(COC(C)(C)C)ccc1O[C@@H]1O[C@H](C=O)C(O)CC1O. The minimum Gasteiger partial charge on any atom is -0.460 e. The number of aliphatic hydroxyl groups excluding tert-OH is 2. The molecule has 1 fully saturated rings. The van der Waals surface area contributed by atoms with E-state index in [1.165, 1.54) is 0 Å². The zero-order valence-electron chi connectivity index (χ0n) is 17.6. The Bertz CT molecular complexity index is 664. The van der Waals surface area contributed by atoms with E-state index in [4.69, 9.17) is 14.2 Å². The van der Waals surface area contributed by atoms with Crippen molar-refractivity contribution in [1.29, 1.82) is 0 Å². The van der Waals surface area contributed by atoms with Gasteiger partial charge in [0.1, 0.15) is 18.0 Å². The molecule has 2 unspecified atom stereocenters. The van der Waals surface area contributed by atoms with Gasteiger partial charge >= 0.3 is 0 Å². The second kappa shape index (κ2) is 8.78. The quantitative estimate of drug-likeness (QED) is 0.637. The van der Waals surface area contributed by atoms with Crippen molar-refractivity contribution >= 4 is 12.0 Å². The predicted molar refractivity (Wildman–Crippen MR) is 106 cm³/mol. The van der Waals surface area contributed by atoms with E-state index in [9.17, 15) is 15.0 Å². The third kappa shape index (κ3) is 6.74. The number of benzene rings is 1. The van der Waals surface area contributed by atoms with Crippen molar-refractivity contribution < 1.29 is 29.2 Å². The highest BCUT2D eigenvalue weighted by atomic mass is 16.7. The number of carbonyl (C=O) groups excluding carboxylic acids is 1. The minimum atomic E-state index is -1.05. The van der Waals surface area contributed by atoms with Gasteiger partial charge in [0.25, 0.3) is 0 Å². The standard InChI is InChI=1S/C21H33NO6/c1-20(2,3)22-14-9-13(12-26-21(4,5)6)7-8-17(14)27-19-16(25)10-15(24)18(11-23)28-19/h7-9,11,15-16,18-19,22,24-25H,10,12H2,1-6H3/t15?,16?,18-,19-/m1/s1. The lowest BCUT2D eigenvalue weighted by Gasteiger charge is -2.35. The van der Waals surface area contributed by atoms with E-state index in [1.807, 2.05) is 53.7 Å². The third-order valence-electron chi connectivity index (χ3n) is 4.07. The Kier molecular flexibility index (Phi) is 7.09. The molecule has 1 saturated heterocycles. The van der Waals surface area contributed by atoms with Gasteiger partial charge in [-0.3, -0.25) is 0 Å². The van der Waals surface area contributed by atoms with E-state index in [2.05, 4.69) is 5.32 Å². The van der Waals surface area contributed by atoms with Crippen LogP contribution in [-0.4, -0.2) is 52.2 Å². The van der Waals surface area contributed by atoms with Crippen LogP contribution in [0.1, 0.15) is 53.5 Å². The van der Waals surface area contributed by atoms with Gasteiger partial charge < -0.3 is 34.5 Å². The number of carbonyl (C=O) groups is 1. The summed E-state index contributed by atoms with van der Waals surface area (Å²) in [5.41, 5.74) is 1.22. The van der Waals surface area contributed by atoms with E-state index in [1.54, 1.807) is 6.07 Å². The molecule has 7 nitrogen and oxygen atoms in total. The van der Waals surface area contributed by atoms with E-state index in [-0.39, 0.29) is 17.6 Å². The van der Waals surface area contributed by atoms with Crippen molar-refractivity contribution in [1.82, 2.24) is 0 Å². The lowest BCUT2D eigenvalue weighted by atomic mass is 10.0. The van der Waals surface area contributed by atoms with Gasteiger partial charge in [-0.15, -0.1) is 0 Å². The predicted octanol–water partition coefficient (Wildman–Crippen LogP) is 2.63. The highest BCUT2D eigenvalue weighted by Gasteiger charge is 2.38. The topological polar surface area (TPSA) is 97.2 Å². The molecule has 158 valence electrons. The number of ether oxygens (including phenoxy) is 3. The van der Waals surface area contributed by atoms with Crippen LogP contribution in [0.2, 0.25) is 0 Å². The van der Waals surface area contributed by atoms with Crippen LogP contribution >= 0.6 is 0 Å². The fraction of sp³-hybridized carbons (Fsp3) is 0.667. The normalized spacial score (nSPS) is 26.0. The van der Waals surface area contributed by atoms with Crippen LogP contribution in [0, 0.1) is 0 Å². The molecule has 0 amide bonds. The Hall–Kier alpha value is -1.67. The first-order chi connectivity index (χ1) is 12.9. The molecular weight excluding hydrogens is 362 g/mol. The summed E-state index contributed by atoms with van der Waals surface area (Å²) in [4.78, 5) is 11.1. The molecule has 1 heterocycles. The molecule has 28 heavy (non-hydrogen) atoms. The summed E-state index contributed by atoms with van der Waals surface area (Å²) in [5.74, 6) is 0.486. The van der Waals surface area contributed by atoms with Crippen LogP contribution in [0.15, 0.2) is 18.2 Å². The monoisotopic (exact) mass is 395 g/mol. The van der Waals surface area contributed by atoms with E-state index >= 15 is 0 Å². The molecular formula is C21H33NO6. The lowest BCUT2D eigenvalue weighted by molar-refractivity contribution is -0.225. The Morgan fingerprint density at radius 1 is 1.18 bits per heavy atom. The molecule has 3 N–H and O–H groups in total. The molecule has 7 heteroatoms. The zero-order chi connectivity index (χ0) is 21.1. The van der Waals surface area contributed by atoms with Crippen LogP contribution in [0.4, 0.5) is 5.69 Å². The van der Waals surface area contributed by atoms with Gasteiger partial charge in [-0.2, -0.15) is 0 Å². The summed E-state index contributed by atoms with van der Waals surface area (Å²) in [6.07, 6.45) is -3.63. The molecule has 0 bridgehead atoms. The maximum absolute atomic E-state index is 11.1. The van der Waals surface area contributed by atoms with Crippen molar-refractivity contribution in [2.24, 2.45) is 0 Å². The first kappa shape index (κ1) is 22.6. The number of aliphatic hydroxyl groups is 2. The number of rotatable bonds is 6. The molecule has 0 aliphatic carbocycles. The molecule has 1 aliphatic rings. The summed E-state index contributed by atoms with van der Waals surface area (Å²) < 4.78 is 17.2. The maximum atomic E-state index is 11.1. The van der Waals surface area contributed by atoms with Crippen LogP contribution in [0.3, 0.4) is 0 Å². The fourth-order valence-electron chi connectivity index (χ4n) is 2.75. The highest BCUT2D eigenvalue weighted by Crippen LogP contribution is 2.32. The van der Waals surface area contributed by atoms with Gasteiger partial charge in [-0.1, -0.05) is 6.07 Å². The smallest absolute Gasteiger partial charge is 0.227 e.